The molecule has 0 saturated heterocycles. The quantitative estimate of drug-likeness (QED) is 0.832. The Balaban J connectivity index is 2.77. The van der Waals surface area contributed by atoms with Gasteiger partial charge in [-0.2, -0.15) is 0 Å². The molecule has 6 nitrogen and oxygen atoms in total. The monoisotopic (exact) mass is 268 g/mol. The third kappa shape index (κ3) is 2.02. The fourth-order valence-corrected chi connectivity index (χ4v) is 1.67. The second-order valence-corrected chi connectivity index (χ2v) is 3.78. The molecule has 0 amide bonds. The van der Waals surface area contributed by atoms with Gasteiger partial charge >= 0.3 is 5.97 Å². The van der Waals surface area contributed by atoms with Crippen LogP contribution in [0, 0.1) is 0 Å². The molecule has 1 aromatic carbocycles. The van der Waals surface area contributed by atoms with Crippen LogP contribution in [0.4, 0.5) is 0 Å². The Bertz CT molecular complexity index is 681. The molecule has 0 spiro atoms. The molecule has 0 aliphatic carbocycles. The number of rotatable bonds is 2. The van der Waals surface area contributed by atoms with Crippen LogP contribution in [0.3, 0.4) is 0 Å². The second-order valence-electron chi connectivity index (χ2n) is 3.42. The van der Waals surface area contributed by atoms with E-state index >= 15 is 0 Å². The van der Waals surface area contributed by atoms with Crippen molar-refractivity contribution in [2.75, 3.05) is 14.2 Å². The van der Waals surface area contributed by atoms with Crippen molar-refractivity contribution in [2.24, 2.45) is 0 Å². The topological polar surface area (TPSA) is 81.3 Å². The first-order valence-corrected chi connectivity index (χ1v) is 5.30. The third-order valence-electron chi connectivity index (χ3n) is 2.38. The first-order valence-electron chi connectivity index (χ1n) is 4.92. The lowest BCUT2D eigenvalue weighted by Gasteiger charge is -2.08. The first kappa shape index (κ1) is 12.4. The predicted octanol–water partition coefficient (Wildman–Crippen LogP) is 1.37. The van der Waals surface area contributed by atoms with Crippen molar-refractivity contribution in [3.8, 4) is 5.75 Å². The lowest BCUT2D eigenvalue weighted by atomic mass is 10.1. The van der Waals surface area contributed by atoms with Crippen LogP contribution in [0.5, 0.6) is 5.75 Å². The molecule has 94 valence electrons. The number of halogens is 1. The number of aromatic nitrogens is 2. The van der Waals surface area contributed by atoms with Crippen LogP contribution in [0.1, 0.15) is 10.4 Å². The van der Waals surface area contributed by atoms with E-state index in [-0.39, 0.29) is 16.5 Å². The number of benzene rings is 1. The fraction of sp³-hybridized carbons (Fsp3) is 0.182. The van der Waals surface area contributed by atoms with Gasteiger partial charge < -0.3 is 14.5 Å². The molecule has 0 saturated carbocycles. The summed E-state index contributed by atoms with van der Waals surface area (Å²) in [7, 11) is 2.67. The lowest BCUT2D eigenvalue weighted by molar-refractivity contribution is 0.0597. The molecule has 2 rings (SSSR count). The molecule has 7 heteroatoms. The molecule has 0 bridgehead atoms. The number of carbonyl (C=O) groups is 1. The summed E-state index contributed by atoms with van der Waals surface area (Å²) in [5.41, 5.74) is 0.509. The first-order chi connectivity index (χ1) is 8.56. The molecule has 0 aliphatic heterocycles. The van der Waals surface area contributed by atoms with Crippen LogP contribution < -0.4 is 10.3 Å². The highest BCUT2D eigenvalue weighted by Crippen LogP contribution is 2.24. The molecular formula is C11H9ClN2O4. The van der Waals surface area contributed by atoms with Gasteiger partial charge in [0.25, 0.3) is 5.56 Å². The zero-order valence-corrected chi connectivity index (χ0v) is 10.4. The maximum absolute atomic E-state index is 11.6. The zero-order valence-electron chi connectivity index (χ0n) is 9.61. The molecule has 0 unspecified atom stereocenters. The van der Waals surface area contributed by atoms with Crippen molar-refractivity contribution >= 4 is 28.6 Å². The van der Waals surface area contributed by atoms with Gasteiger partial charge in [0, 0.05) is 6.07 Å². The smallest absolute Gasteiger partial charge is 0.341 e. The van der Waals surface area contributed by atoms with Crippen molar-refractivity contribution < 1.29 is 14.3 Å². The van der Waals surface area contributed by atoms with E-state index in [1.165, 1.54) is 26.4 Å². The van der Waals surface area contributed by atoms with Gasteiger partial charge in [-0.05, 0) is 6.07 Å². The molecule has 0 aliphatic rings. The molecule has 0 radical (unpaired) electrons. The summed E-state index contributed by atoms with van der Waals surface area (Å²) in [6.45, 7) is 0. The minimum atomic E-state index is -0.558. The molecule has 18 heavy (non-hydrogen) atoms. The Morgan fingerprint density at radius 3 is 2.72 bits per heavy atom. The number of carbonyl (C=O) groups excluding carboxylic acids is 1. The Kier molecular flexibility index (Phi) is 3.20. The number of nitrogens with zero attached hydrogens (tertiary/aromatic N) is 1. The lowest BCUT2D eigenvalue weighted by Crippen LogP contribution is -2.10. The van der Waals surface area contributed by atoms with E-state index in [0.29, 0.717) is 11.0 Å². The molecule has 0 atom stereocenters. The Morgan fingerprint density at radius 1 is 1.39 bits per heavy atom. The van der Waals surface area contributed by atoms with Gasteiger partial charge in [-0.3, -0.25) is 4.79 Å². The van der Waals surface area contributed by atoms with Crippen molar-refractivity contribution in [1.82, 2.24) is 9.97 Å². The Labute approximate surface area is 107 Å². The molecule has 1 N–H and O–H groups in total. The van der Waals surface area contributed by atoms with Gasteiger partial charge in [-0.25, -0.2) is 9.78 Å². The van der Waals surface area contributed by atoms with Gasteiger partial charge in [-0.1, -0.05) is 11.6 Å². The Hall–Kier alpha value is -2.08. The van der Waals surface area contributed by atoms with Crippen LogP contribution >= 0.6 is 11.6 Å². The molecule has 1 aromatic heterocycles. The van der Waals surface area contributed by atoms with E-state index in [9.17, 15) is 9.59 Å². The molecule has 1 heterocycles. The summed E-state index contributed by atoms with van der Waals surface area (Å²) in [4.78, 5) is 29.3. The van der Waals surface area contributed by atoms with Gasteiger partial charge in [0.05, 0.1) is 25.3 Å². The maximum atomic E-state index is 11.6. The van der Waals surface area contributed by atoms with Crippen LogP contribution in [-0.4, -0.2) is 30.2 Å². The van der Waals surface area contributed by atoms with E-state index in [1.807, 2.05) is 0 Å². The molecular weight excluding hydrogens is 260 g/mol. The highest BCUT2D eigenvalue weighted by atomic mass is 35.5. The standard InChI is InChI=1S/C11H9ClN2O4/c1-17-8-4-7-6(3-5(8)11(16)18-2)13-9(12)10(15)14-7/h3-4H,1-2H3,(H,14,15). The van der Waals surface area contributed by atoms with Gasteiger partial charge in [0.15, 0.2) is 5.15 Å². The van der Waals surface area contributed by atoms with Gasteiger partial charge in [0.1, 0.15) is 11.3 Å². The van der Waals surface area contributed by atoms with Crippen molar-refractivity contribution in [2.45, 2.75) is 0 Å². The summed E-state index contributed by atoms with van der Waals surface area (Å²) in [6.07, 6.45) is 0. The number of fused-ring (bicyclic) bond motifs is 1. The summed E-state index contributed by atoms with van der Waals surface area (Å²) in [6, 6.07) is 2.94. The van der Waals surface area contributed by atoms with Crippen molar-refractivity contribution in [1.29, 1.82) is 0 Å². The highest BCUT2D eigenvalue weighted by molar-refractivity contribution is 6.29. The van der Waals surface area contributed by atoms with Crippen LogP contribution in [0.15, 0.2) is 16.9 Å². The number of aromatic amines is 1. The van der Waals surface area contributed by atoms with E-state index in [0.717, 1.165) is 0 Å². The number of nitrogens with one attached hydrogen (secondary N) is 1. The van der Waals surface area contributed by atoms with E-state index in [4.69, 9.17) is 16.3 Å². The fourth-order valence-electron chi connectivity index (χ4n) is 1.53. The number of esters is 1. The normalized spacial score (nSPS) is 10.4. The van der Waals surface area contributed by atoms with Gasteiger partial charge in [0.2, 0.25) is 0 Å². The third-order valence-corrected chi connectivity index (χ3v) is 2.63. The number of hydrogen-bond donors (Lipinski definition) is 1. The number of methoxy groups -OCH3 is 2. The van der Waals surface area contributed by atoms with Gasteiger partial charge in [-0.15, -0.1) is 0 Å². The van der Waals surface area contributed by atoms with Crippen LogP contribution in [0.2, 0.25) is 5.15 Å². The summed E-state index contributed by atoms with van der Waals surface area (Å²) >= 11 is 5.62. The number of ether oxygens (including phenoxy) is 2. The summed E-state index contributed by atoms with van der Waals surface area (Å²) < 4.78 is 9.69. The highest BCUT2D eigenvalue weighted by Gasteiger charge is 2.15. The van der Waals surface area contributed by atoms with Crippen molar-refractivity contribution in [3.05, 3.63) is 33.2 Å². The van der Waals surface area contributed by atoms with Crippen LogP contribution in [-0.2, 0) is 4.74 Å². The molecule has 2 aromatic rings. The zero-order chi connectivity index (χ0) is 13.3. The minimum absolute atomic E-state index is 0.191. The second kappa shape index (κ2) is 4.66. The Morgan fingerprint density at radius 2 is 2.11 bits per heavy atom. The van der Waals surface area contributed by atoms with E-state index in [2.05, 4.69) is 14.7 Å². The average molecular weight is 269 g/mol. The average Bonchev–Trinajstić information content (AvgIpc) is 2.38. The summed E-state index contributed by atoms with van der Waals surface area (Å²) in [5.74, 6) is -0.271. The minimum Gasteiger partial charge on any atom is -0.496 e. The summed E-state index contributed by atoms with van der Waals surface area (Å²) in [5, 5.41) is -0.191. The maximum Gasteiger partial charge on any atom is 0.341 e. The number of H-pyrrole nitrogens is 1. The molecule has 0 fully saturated rings. The largest absolute Gasteiger partial charge is 0.496 e. The number of hydrogen-bond acceptors (Lipinski definition) is 5. The van der Waals surface area contributed by atoms with E-state index < -0.39 is 11.5 Å². The predicted molar refractivity (Wildman–Crippen MR) is 65.3 cm³/mol. The van der Waals surface area contributed by atoms with Crippen molar-refractivity contribution in [3.63, 3.8) is 0 Å². The van der Waals surface area contributed by atoms with Crippen LogP contribution in [0.25, 0.3) is 11.0 Å². The van der Waals surface area contributed by atoms with E-state index in [1.54, 1.807) is 0 Å². The SMILES string of the molecule is COC(=O)c1cc2nc(Cl)c(=O)[nH]c2cc1OC.